The third-order valence-electron chi connectivity index (χ3n) is 4.17. The lowest BCUT2D eigenvalue weighted by atomic mass is 10.1. The summed E-state index contributed by atoms with van der Waals surface area (Å²) < 4.78 is 29.2. The molecule has 0 radical (unpaired) electrons. The average Bonchev–Trinajstić information content (AvgIpc) is 3.30. The van der Waals surface area contributed by atoms with E-state index in [0.29, 0.717) is 16.9 Å². The van der Waals surface area contributed by atoms with Gasteiger partial charge < -0.3 is 4.57 Å². The first-order valence-corrected chi connectivity index (χ1v) is 7.74. The van der Waals surface area contributed by atoms with E-state index in [0.717, 1.165) is 30.2 Å². The van der Waals surface area contributed by atoms with Gasteiger partial charge in [0.1, 0.15) is 5.82 Å². The maximum atomic E-state index is 13.7. The van der Waals surface area contributed by atoms with Gasteiger partial charge in [0.05, 0.1) is 22.9 Å². The van der Waals surface area contributed by atoms with E-state index in [9.17, 15) is 8.78 Å². The third-order valence-corrected chi connectivity index (χ3v) is 4.17. The van der Waals surface area contributed by atoms with Crippen molar-refractivity contribution >= 4 is 11.0 Å². The van der Waals surface area contributed by atoms with Gasteiger partial charge in [0.25, 0.3) is 0 Å². The average molecular weight is 314 g/mol. The van der Waals surface area contributed by atoms with E-state index >= 15 is 0 Å². The van der Waals surface area contributed by atoms with Gasteiger partial charge in [-0.25, -0.2) is 13.8 Å². The molecule has 0 amide bonds. The van der Waals surface area contributed by atoms with Crippen LogP contribution in [0.3, 0.4) is 0 Å². The molecule has 1 aromatic carbocycles. The molecule has 0 unspecified atom stereocenters. The van der Waals surface area contributed by atoms with Gasteiger partial charge in [-0.3, -0.25) is 0 Å². The molecule has 3 aromatic rings. The van der Waals surface area contributed by atoms with Crippen LogP contribution in [0.25, 0.3) is 22.4 Å². The zero-order valence-electron chi connectivity index (χ0n) is 12.9. The molecule has 4 rings (SSSR count). The van der Waals surface area contributed by atoms with Gasteiger partial charge in [-0.05, 0) is 24.8 Å². The van der Waals surface area contributed by atoms with Gasteiger partial charge in [-0.2, -0.15) is 10.2 Å². The largest absolute Gasteiger partial charge is 0.321 e. The number of hydrogen-bond donors (Lipinski definition) is 0. The number of aromatic nitrogens is 4. The van der Waals surface area contributed by atoms with Crippen molar-refractivity contribution in [3.63, 3.8) is 0 Å². The van der Waals surface area contributed by atoms with Gasteiger partial charge in [-0.15, -0.1) is 0 Å². The summed E-state index contributed by atoms with van der Waals surface area (Å²) in [4.78, 5) is 4.54. The molecule has 0 bridgehead atoms. The van der Waals surface area contributed by atoms with E-state index in [1.54, 1.807) is 6.20 Å². The number of hydrogen-bond acceptors (Lipinski definition) is 3. The molecule has 2 aromatic heterocycles. The predicted octanol–water partition coefficient (Wildman–Crippen LogP) is 4.23. The van der Waals surface area contributed by atoms with Crippen molar-refractivity contribution in [3.8, 4) is 11.4 Å². The lowest BCUT2D eigenvalue weighted by molar-refractivity contribution is 0.510. The molecule has 0 N–H and O–H groups in total. The highest BCUT2D eigenvalue weighted by molar-refractivity contribution is 5.81. The Balaban J connectivity index is 1.96. The monoisotopic (exact) mass is 314 g/mol. The number of halogens is 2. The molecule has 23 heavy (non-hydrogen) atoms. The highest BCUT2D eigenvalue weighted by Crippen LogP contribution is 2.41. The maximum absolute atomic E-state index is 13.7. The van der Waals surface area contributed by atoms with E-state index in [4.69, 9.17) is 0 Å². The highest BCUT2D eigenvalue weighted by atomic mass is 19.2. The van der Waals surface area contributed by atoms with Crippen LogP contribution in [0.2, 0.25) is 0 Å². The minimum Gasteiger partial charge on any atom is -0.321 e. The minimum atomic E-state index is -0.875. The van der Waals surface area contributed by atoms with Crippen molar-refractivity contribution in [1.29, 1.82) is 0 Å². The molecule has 0 spiro atoms. The topological polar surface area (TPSA) is 43.6 Å². The zero-order valence-corrected chi connectivity index (χ0v) is 12.9. The Morgan fingerprint density at radius 3 is 2.57 bits per heavy atom. The van der Waals surface area contributed by atoms with Gasteiger partial charge in [0, 0.05) is 23.7 Å². The van der Waals surface area contributed by atoms with Crippen LogP contribution in [0.1, 0.15) is 44.3 Å². The van der Waals surface area contributed by atoms with E-state index in [-0.39, 0.29) is 12.0 Å². The van der Waals surface area contributed by atoms with Crippen LogP contribution in [0.5, 0.6) is 0 Å². The minimum absolute atomic E-state index is 0.246. The lowest BCUT2D eigenvalue weighted by Gasteiger charge is -2.09. The summed E-state index contributed by atoms with van der Waals surface area (Å²) in [6.07, 6.45) is 3.69. The standard InChI is InChI=1S/C17H16F2N4/c1-9(2)14-5-10(8-20-22-14)17-21-15-6-12(18)13(19)7-16(15)23(17)11-3-4-11/h5-9,11H,3-4H2,1-2H3. The quantitative estimate of drug-likeness (QED) is 0.726. The molecular weight excluding hydrogens is 298 g/mol. The second-order valence-electron chi connectivity index (χ2n) is 6.32. The molecule has 118 valence electrons. The van der Waals surface area contributed by atoms with Crippen LogP contribution in [0, 0.1) is 11.6 Å². The SMILES string of the molecule is CC(C)c1cc(-c2nc3cc(F)c(F)cc3n2C2CC2)cnn1. The summed E-state index contributed by atoms with van der Waals surface area (Å²) in [5.41, 5.74) is 2.79. The Bertz CT molecular complexity index is 897. The lowest BCUT2D eigenvalue weighted by Crippen LogP contribution is -2.01. The zero-order chi connectivity index (χ0) is 16.1. The smallest absolute Gasteiger partial charge is 0.161 e. The number of fused-ring (bicyclic) bond motifs is 1. The Morgan fingerprint density at radius 2 is 1.87 bits per heavy atom. The van der Waals surface area contributed by atoms with Crippen molar-refractivity contribution < 1.29 is 8.78 Å². The molecular formula is C17H16F2N4. The van der Waals surface area contributed by atoms with E-state index in [2.05, 4.69) is 15.2 Å². The number of nitrogens with zero attached hydrogens (tertiary/aromatic N) is 4. The van der Waals surface area contributed by atoms with Crippen LogP contribution in [-0.4, -0.2) is 19.7 Å². The molecule has 1 saturated carbocycles. The Hall–Kier alpha value is -2.37. The summed E-state index contributed by atoms with van der Waals surface area (Å²) in [5.74, 6) is -0.776. The molecule has 0 saturated heterocycles. The van der Waals surface area contributed by atoms with Crippen LogP contribution in [-0.2, 0) is 0 Å². The molecule has 1 fully saturated rings. The first kappa shape index (κ1) is 14.2. The normalized spacial score (nSPS) is 14.8. The second kappa shape index (κ2) is 5.08. The van der Waals surface area contributed by atoms with Crippen LogP contribution in [0.15, 0.2) is 24.4 Å². The van der Waals surface area contributed by atoms with Crippen molar-refractivity contribution in [2.45, 2.75) is 38.6 Å². The summed E-state index contributed by atoms with van der Waals surface area (Å²) in [7, 11) is 0. The molecule has 0 aliphatic heterocycles. The first-order valence-electron chi connectivity index (χ1n) is 7.74. The van der Waals surface area contributed by atoms with E-state index in [1.165, 1.54) is 6.07 Å². The Morgan fingerprint density at radius 1 is 1.13 bits per heavy atom. The fourth-order valence-electron chi connectivity index (χ4n) is 2.78. The summed E-state index contributed by atoms with van der Waals surface area (Å²) in [6.45, 7) is 4.09. The van der Waals surface area contributed by atoms with Crippen LogP contribution >= 0.6 is 0 Å². The molecule has 1 aliphatic carbocycles. The van der Waals surface area contributed by atoms with Gasteiger partial charge >= 0.3 is 0 Å². The van der Waals surface area contributed by atoms with Gasteiger partial charge in [0.2, 0.25) is 0 Å². The van der Waals surface area contributed by atoms with Crippen molar-refractivity contribution in [1.82, 2.24) is 19.7 Å². The molecule has 1 aliphatic rings. The summed E-state index contributed by atoms with van der Waals surface area (Å²) >= 11 is 0. The number of rotatable bonds is 3. The maximum Gasteiger partial charge on any atom is 0.161 e. The molecule has 6 heteroatoms. The Kier molecular flexibility index (Phi) is 3.14. The third kappa shape index (κ3) is 2.38. The fourth-order valence-corrected chi connectivity index (χ4v) is 2.78. The molecule has 2 heterocycles. The number of benzene rings is 1. The second-order valence-corrected chi connectivity index (χ2v) is 6.32. The summed E-state index contributed by atoms with van der Waals surface area (Å²) in [5, 5.41) is 8.19. The molecule has 4 nitrogen and oxygen atoms in total. The first-order chi connectivity index (χ1) is 11.0. The Labute approximate surface area is 132 Å². The van der Waals surface area contributed by atoms with Crippen LogP contribution < -0.4 is 0 Å². The molecule has 0 atom stereocenters. The highest BCUT2D eigenvalue weighted by Gasteiger charge is 2.29. The van der Waals surface area contributed by atoms with E-state index in [1.807, 2.05) is 24.5 Å². The van der Waals surface area contributed by atoms with Crippen molar-refractivity contribution in [2.24, 2.45) is 0 Å². The fraction of sp³-hybridized carbons (Fsp3) is 0.353. The summed E-state index contributed by atoms with van der Waals surface area (Å²) in [6, 6.07) is 4.63. The van der Waals surface area contributed by atoms with Crippen LogP contribution in [0.4, 0.5) is 8.78 Å². The van der Waals surface area contributed by atoms with Crippen molar-refractivity contribution in [2.75, 3.05) is 0 Å². The van der Waals surface area contributed by atoms with Gasteiger partial charge in [-0.1, -0.05) is 13.8 Å². The number of imidazole rings is 1. The van der Waals surface area contributed by atoms with Gasteiger partial charge in [0.15, 0.2) is 11.6 Å². The predicted molar refractivity (Wildman–Crippen MR) is 83.0 cm³/mol. The van der Waals surface area contributed by atoms with E-state index < -0.39 is 11.6 Å². The van der Waals surface area contributed by atoms with Crippen molar-refractivity contribution in [3.05, 3.63) is 41.7 Å².